The summed E-state index contributed by atoms with van der Waals surface area (Å²) in [6.07, 6.45) is 2.39. The summed E-state index contributed by atoms with van der Waals surface area (Å²) in [5, 5.41) is 13.0. The topological polar surface area (TPSA) is 52.6 Å². The van der Waals surface area contributed by atoms with Crippen LogP contribution in [0, 0.1) is 0 Å². The average molecular weight is 228 g/mol. The molecule has 0 spiro atoms. The van der Waals surface area contributed by atoms with Gasteiger partial charge in [0.2, 0.25) is 5.91 Å². The van der Waals surface area contributed by atoms with E-state index in [2.05, 4.69) is 19.2 Å². The number of likely N-dealkylation sites (tertiary alicyclic amines) is 1. The minimum atomic E-state index is -0.582. The highest BCUT2D eigenvalue weighted by Crippen LogP contribution is 2.20. The number of hydrogen-bond donors (Lipinski definition) is 2. The van der Waals surface area contributed by atoms with Crippen molar-refractivity contribution >= 4 is 5.91 Å². The molecule has 1 amide bonds. The molecule has 4 heteroatoms. The van der Waals surface area contributed by atoms with Crippen molar-refractivity contribution in [1.82, 2.24) is 10.2 Å². The molecule has 16 heavy (non-hydrogen) atoms. The third-order valence-corrected chi connectivity index (χ3v) is 3.41. The van der Waals surface area contributed by atoms with E-state index in [0.29, 0.717) is 38.5 Å². The van der Waals surface area contributed by atoms with E-state index >= 15 is 0 Å². The lowest BCUT2D eigenvalue weighted by atomic mass is 9.94. The first-order valence-corrected chi connectivity index (χ1v) is 6.18. The Bertz CT molecular complexity index is 231. The Morgan fingerprint density at radius 2 is 2.06 bits per heavy atom. The SMILES string of the molecule is CCC(C)NCC(=O)N1CCC(C)(O)CC1. The summed E-state index contributed by atoms with van der Waals surface area (Å²) in [6, 6.07) is 0.386. The van der Waals surface area contributed by atoms with Gasteiger partial charge in [-0.05, 0) is 33.1 Å². The number of rotatable bonds is 4. The summed E-state index contributed by atoms with van der Waals surface area (Å²) in [4.78, 5) is 13.7. The zero-order valence-electron chi connectivity index (χ0n) is 10.6. The molecule has 0 aromatic rings. The summed E-state index contributed by atoms with van der Waals surface area (Å²) < 4.78 is 0. The Balaban J connectivity index is 2.28. The van der Waals surface area contributed by atoms with Crippen molar-refractivity contribution in [3.8, 4) is 0 Å². The van der Waals surface area contributed by atoms with Gasteiger partial charge in [0.25, 0.3) is 0 Å². The van der Waals surface area contributed by atoms with Crippen LogP contribution in [0.15, 0.2) is 0 Å². The lowest BCUT2D eigenvalue weighted by Gasteiger charge is -2.36. The van der Waals surface area contributed by atoms with Gasteiger partial charge in [-0.2, -0.15) is 0 Å². The first-order valence-electron chi connectivity index (χ1n) is 6.18. The summed E-state index contributed by atoms with van der Waals surface area (Å²) in [6.45, 7) is 7.78. The van der Waals surface area contributed by atoms with Crippen LogP contribution in [0.25, 0.3) is 0 Å². The molecule has 2 N–H and O–H groups in total. The fourth-order valence-electron chi connectivity index (χ4n) is 1.76. The number of piperidine rings is 1. The molecule has 0 aromatic carbocycles. The number of aliphatic hydroxyl groups is 1. The number of nitrogens with one attached hydrogen (secondary N) is 1. The summed E-state index contributed by atoms with van der Waals surface area (Å²) >= 11 is 0. The molecule has 1 fully saturated rings. The van der Waals surface area contributed by atoms with E-state index < -0.39 is 5.60 Å². The van der Waals surface area contributed by atoms with Gasteiger partial charge in [-0.15, -0.1) is 0 Å². The second kappa shape index (κ2) is 5.64. The molecular formula is C12H24N2O2. The highest BCUT2D eigenvalue weighted by atomic mass is 16.3. The molecular weight excluding hydrogens is 204 g/mol. The summed E-state index contributed by atoms with van der Waals surface area (Å²) in [7, 11) is 0. The highest BCUT2D eigenvalue weighted by molar-refractivity contribution is 5.78. The van der Waals surface area contributed by atoms with Crippen LogP contribution in [0.4, 0.5) is 0 Å². The predicted molar refractivity (Wildman–Crippen MR) is 64.2 cm³/mol. The number of hydrogen-bond acceptors (Lipinski definition) is 3. The maximum atomic E-state index is 11.8. The number of carbonyl (C=O) groups excluding carboxylic acids is 1. The Labute approximate surface area is 98.0 Å². The zero-order valence-corrected chi connectivity index (χ0v) is 10.6. The first-order chi connectivity index (χ1) is 7.44. The fourth-order valence-corrected chi connectivity index (χ4v) is 1.76. The van der Waals surface area contributed by atoms with E-state index in [1.54, 1.807) is 0 Å². The van der Waals surface area contributed by atoms with E-state index in [0.717, 1.165) is 6.42 Å². The van der Waals surface area contributed by atoms with Crippen LogP contribution in [-0.2, 0) is 4.79 Å². The smallest absolute Gasteiger partial charge is 0.236 e. The van der Waals surface area contributed by atoms with Crippen LogP contribution in [-0.4, -0.2) is 47.2 Å². The second-order valence-electron chi connectivity index (χ2n) is 5.07. The van der Waals surface area contributed by atoms with Gasteiger partial charge in [0.1, 0.15) is 0 Å². The Hall–Kier alpha value is -0.610. The summed E-state index contributed by atoms with van der Waals surface area (Å²) in [5.41, 5.74) is -0.582. The fraction of sp³-hybridized carbons (Fsp3) is 0.917. The van der Waals surface area contributed by atoms with Crippen molar-refractivity contribution in [1.29, 1.82) is 0 Å². The zero-order chi connectivity index (χ0) is 12.2. The quantitative estimate of drug-likeness (QED) is 0.746. The van der Waals surface area contributed by atoms with Crippen LogP contribution in [0.1, 0.15) is 40.0 Å². The van der Waals surface area contributed by atoms with Crippen molar-refractivity contribution in [2.45, 2.75) is 51.7 Å². The van der Waals surface area contributed by atoms with Gasteiger partial charge in [-0.3, -0.25) is 4.79 Å². The molecule has 94 valence electrons. The third kappa shape index (κ3) is 4.10. The molecule has 0 aliphatic carbocycles. The molecule has 0 bridgehead atoms. The standard InChI is InChI=1S/C12H24N2O2/c1-4-10(2)13-9-11(15)14-7-5-12(3,16)6-8-14/h10,13,16H,4-9H2,1-3H3. The predicted octanol–water partition coefficient (Wildman–Crippen LogP) is 0.748. The molecule has 1 saturated heterocycles. The van der Waals surface area contributed by atoms with Crippen LogP contribution >= 0.6 is 0 Å². The van der Waals surface area contributed by atoms with Crippen molar-refractivity contribution < 1.29 is 9.90 Å². The maximum absolute atomic E-state index is 11.8. The van der Waals surface area contributed by atoms with Gasteiger partial charge in [-0.25, -0.2) is 0 Å². The monoisotopic (exact) mass is 228 g/mol. The maximum Gasteiger partial charge on any atom is 0.236 e. The molecule has 1 rings (SSSR count). The van der Waals surface area contributed by atoms with Gasteiger partial charge in [-0.1, -0.05) is 6.92 Å². The minimum Gasteiger partial charge on any atom is -0.390 e. The lowest BCUT2D eigenvalue weighted by Crippen LogP contribution is -2.48. The third-order valence-electron chi connectivity index (χ3n) is 3.41. The van der Waals surface area contributed by atoms with E-state index in [1.165, 1.54) is 0 Å². The number of carbonyl (C=O) groups is 1. The van der Waals surface area contributed by atoms with Crippen molar-refractivity contribution in [2.24, 2.45) is 0 Å². The Morgan fingerprint density at radius 3 is 2.56 bits per heavy atom. The van der Waals surface area contributed by atoms with Crippen LogP contribution < -0.4 is 5.32 Å². The highest BCUT2D eigenvalue weighted by Gasteiger charge is 2.29. The van der Waals surface area contributed by atoms with Crippen LogP contribution in [0.5, 0.6) is 0 Å². The van der Waals surface area contributed by atoms with Crippen molar-refractivity contribution in [3.05, 3.63) is 0 Å². The van der Waals surface area contributed by atoms with Gasteiger partial charge >= 0.3 is 0 Å². The average Bonchev–Trinajstić information content (AvgIpc) is 2.25. The molecule has 1 unspecified atom stereocenters. The first kappa shape index (κ1) is 13.5. The van der Waals surface area contributed by atoms with Gasteiger partial charge in [0, 0.05) is 19.1 Å². The largest absolute Gasteiger partial charge is 0.390 e. The Morgan fingerprint density at radius 1 is 1.50 bits per heavy atom. The van der Waals surface area contributed by atoms with Crippen molar-refractivity contribution in [3.63, 3.8) is 0 Å². The van der Waals surface area contributed by atoms with Gasteiger partial charge in [0.05, 0.1) is 12.1 Å². The molecule has 1 heterocycles. The Kier molecular flexibility index (Phi) is 4.74. The van der Waals surface area contributed by atoms with Crippen LogP contribution in [0.2, 0.25) is 0 Å². The normalized spacial score (nSPS) is 21.9. The van der Waals surface area contributed by atoms with Gasteiger partial charge in [0.15, 0.2) is 0 Å². The number of amides is 1. The van der Waals surface area contributed by atoms with Gasteiger partial charge < -0.3 is 15.3 Å². The van der Waals surface area contributed by atoms with E-state index in [-0.39, 0.29) is 5.91 Å². The molecule has 4 nitrogen and oxygen atoms in total. The summed E-state index contributed by atoms with van der Waals surface area (Å²) in [5.74, 6) is 0.149. The number of nitrogens with zero attached hydrogens (tertiary/aromatic N) is 1. The van der Waals surface area contributed by atoms with Crippen molar-refractivity contribution in [2.75, 3.05) is 19.6 Å². The molecule has 1 aliphatic rings. The molecule has 1 aliphatic heterocycles. The molecule has 0 saturated carbocycles. The minimum absolute atomic E-state index is 0.149. The van der Waals surface area contributed by atoms with Crippen LogP contribution in [0.3, 0.4) is 0 Å². The van der Waals surface area contributed by atoms with E-state index in [4.69, 9.17) is 0 Å². The van der Waals surface area contributed by atoms with E-state index in [9.17, 15) is 9.90 Å². The molecule has 0 aromatic heterocycles. The molecule has 0 radical (unpaired) electrons. The second-order valence-corrected chi connectivity index (χ2v) is 5.07. The molecule has 1 atom stereocenters. The lowest BCUT2D eigenvalue weighted by molar-refractivity contribution is -0.134. The van der Waals surface area contributed by atoms with E-state index in [1.807, 2.05) is 11.8 Å².